The number of aryl methyl sites for hydroxylation is 1. The Morgan fingerprint density at radius 2 is 1.96 bits per heavy atom. The Morgan fingerprint density at radius 1 is 1.12 bits per heavy atom. The van der Waals surface area contributed by atoms with Gasteiger partial charge in [0, 0.05) is 16.8 Å². The van der Waals surface area contributed by atoms with Crippen molar-refractivity contribution in [3.8, 4) is 0 Å². The molecule has 1 amide bonds. The summed E-state index contributed by atoms with van der Waals surface area (Å²) >= 11 is 13.1. The second-order valence-corrected chi connectivity index (χ2v) is 6.58. The molecule has 2 heterocycles. The summed E-state index contributed by atoms with van der Waals surface area (Å²) in [5.74, 6) is 0.357. The van der Waals surface area contributed by atoms with Gasteiger partial charge in [-0.1, -0.05) is 29.3 Å². The van der Waals surface area contributed by atoms with Crippen LogP contribution in [0.2, 0.25) is 10.0 Å². The van der Waals surface area contributed by atoms with E-state index in [0.717, 1.165) is 5.69 Å². The van der Waals surface area contributed by atoms with Crippen LogP contribution >= 0.6 is 34.5 Å². The van der Waals surface area contributed by atoms with Gasteiger partial charge in [-0.3, -0.25) is 4.79 Å². The molecular formula is C16H12Cl2N4OS. The normalized spacial score (nSPS) is 10.5. The molecule has 24 heavy (non-hydrogen) atoms. The van der Waals surface area contributed by atoms with Gasteiger partial charge in [0.05, 0.1) is 10.0 Å². The van der Waals surface area contributed by atoms with E-state index in [1.165, 1.54) is 11.3 Å². The molecule has 0 radical (unpaired) electrons. The lowest BCUT2D eigenvalue weighted by Gasteiger charge is -2.04. The molecule has 0 aliphatic rings. The van der Waals surface area contributed by atoms with E-state index >= 15 is 0 Å². The topological polar surface area (TPSA) is 66.9 Å². The smallest absolute Gasteiger partial charge is 0.275 e. The number of carbonyl (C=O) groups excluding carboxylic acids is 1. The minimum absolute atomic E-state index is 0.307. The molecule has 0 saturated carbocycles. The molecule has 0 aliphatic carbocycles. The fraction of sp³-hybridized carbons (Fsp3) is 0.0625. The number of rotatable bonds is 4. The number of nitrogens with zero attached hydrogens (tertiary/aromatic N) is 2. The maximum absolute atomic E-state index is 12.2. The Hall–Kier alpha value is -2.15. The molecule has 1 aromatic carbocycles. The summed E-state index contributed by atoms with van der Waals surface area (Å²) in [7, 11) is 0. The van der Waals surface area contributed by atoms with E-state index < -0.39 is 0 Å². The van der Waals surface area contributed by atoms with Crippen LogP contribution in [-0.2, 0) is 0 Å². The molecule has 2 N–H and O–H groups in total. The summed E-state index contributed by atoms with van der Waals surface area (Å²) in [6.07, 6.45) is 0. The zero-order valence-corrected chi connectivity index (χ0v) is 14.8. The van der Waals surface area contributed by atoms with Crippen molar-refractivity contribution in [1.82, 2.24) is 9.97 Å². The number of pyridine rings is 1. The summed E-state index contributed by atoms with van der Waals surface area (Å²) in [6, 6.07) is 10.5. The van der Waals surface area contributed by atoms with Gasteiger partial charge in [-0.05, 0) is 37.3 Å². The van der Waals surface area contributed by atoms with Crippen LogP contribution in [0, 0.1) is 6.92 Å². The van der Waals surface area contributed by atoms with E-state index in [2.05, 4.69) is 20.6 Å². The van der Waals surface area contributed by atoms with Crippen molar-refractivity contribution in [1.29, 1.82) is 0 Å². The first-order valence-electron chi connectivity index (χ1n) is 6.94. The number of carbonyl (C=O) groups is 1. The van der Waals surface area contributed by atoms with Crippen molar-refractivity contribution >= 4 is 57.1 Å². The zero-order valence-electron chi connectivity index (χ0n) is 12.5. The fourth-order valence-corrected chi connectivity index (χ4v) is 2.92. The van der Waals surface area contributed by atoms with Crippen LogP contribution in [0.25, 0.3) is 0 Å². The van der Waals surface area contributed by atoms with Crippen molar-refractivity contribution in [3.05, 3.63) is 63.2 Å². The minimum Gasteiger partial charge on any atom is -0.321 e. The molecule has 3 aromatic rings. The molecule has 3 rings (SSSR count). The monoisotopic (exact) mass is 378 g/mol. The molecule has 0 bridgehead atoms. The number of amides is 1. The number of halogens is 2. The van der Waals surface area contributed by atoms with Gasteiger partial charge in [0.15, 0.2) is 5.13 Å². The first-order chi connectivity index (χ1) is 11.5. The lowest BCUT2D eigenvalue weighted by atomic mass is 10.3. The van der Waals surface area contributed by atoms with Gasteiger partial charge < -0.3 is 10.6 Å². The molecule has 0 atom stereocenters. The molecule has 0 spiro atoms. The predicted molar refractivity (Wildman–Crippen MR) is 98.8 cm³/mol. The maximum atomic E-state index is 12.2. The number of thiazole rings is 1. The SMILES string of the molecule is Cc1cccc(Nc2nc(C(=O)Nc3ccc(Cl)c(Cl)c3)cs2)n1. The van der Waals surface area contributed by atoms with Crippen molar-refractivity contribution in [2.75, 3.05) is 10.6 Å². The highest BCUT2D eigenvalue weighted by molar-refractivity contribution is 7.14. The summed E-state index contributed by atoms with van der Waals surface area (Å²) in [4.78, 5) is 20.8. The van der Waals surface area contributed by atoms with Crippen LogP contribution in [0.4, 0.5) is 16.6 Å². The van der Waals surface area contributed by atoms with Crippen LogP contribution in [-0.4, -0.2) is 15.9 Å². The second kappa shape index (κ2) is 7.17. The summed E-state index contributed by atoms with van der Waals surface area (Å²) in [6.45, 7) is 1.91. The number of hydrogen-bond acceptors (Lipinski definition) is 5. The minimum atomic E-state index is -0.324. The molecule has 0 unspecified atom stereocenters. The third kappa shape index (κ3) is 4.03. The molecule has 0 aliphatic heterocycles. The van der Waals surface area contributed by atoms with E-state index in [1.807, 2.05) is 25.1 Å². The van der Waals surface area contributed by atoms with E-state index in [0.29, 0.717) is 32.4 Å². The van der Waals surface area contributed by atoms with Gasteiger partial charge in [0.2, 0.25) is 0 Å². The van der Waals surface area contributed by atoms with E-state index in [1.54, 1.807) is 23.6 Å². The highest BCUT2D eigenvalue weighted by Gasteiger charge is 2.12. The first-order valence-corrected chi connectivity index (χ1v) is 8.57. The molecule has 122 valence electrons. The Kier molecular flexibility index (Phi) is 4.99. The van der Waals surface area contributed by atoms with E-state index in [9.17, 15) is 4.79 Å². The number of hydrogen-bond donors (Lipinski definition) is 2. The Balaban J connectivity index is 1.70. The van der Waals surface area contributed by atoms with Crippen LogP contribution in [0.15, 0.2) is 41.8 Å². The number of nitrogens with one attached hydrogen (secondary N) is 2. The lowest BCUT2D eigenvalue weighted by Crippen LogP contribution is -2.12. The fourth-order valence-electron chi connectivity index (χ4n) is 1.93. The lowest BCUT2D eigenvalue weighted by molar-refractivity contribution is 0.102. The number of benzene rings is 1. The van der Waals surface area contributed by atoms with E-state index in [-0.39, 0.29) is 5.91 Å². The predicted octanol–water partition coefficient (Wildman–Crippen LogP) is 5.15. The first kappa shape index (κ1) is 16.7. The van der Waals surface area contributed by atoms with Crippen LogP contribution in [0.3, 0.4) is 0 Å². The largest absolute Gasteiger partial charge is 0.321 e. The molecule has 5 nitrogen and oxygen atoms in total. The summed E-state index contributed by atoms with van der Waals surface area (Å²) < 4.78 is 0. The van der Waals surface area contributed by atoms with Gasteiger partial charge >= 0.3 is 0 Å². The van der Waals surface area contributed by atoms with Gasteiger partial charge in [0.25, 0.3) is 5.91 Å². The third-order valence-corrected chi connectivity index (χ3v) is 4.53. The average molecular weight is 379 g/mol. The van der Waals surface area contributed by atoms with Crippen molar-refractivity contribution < 1.29 is 4.79 Å². The average Bonchev–Trinajstić information content (AvgIpc) is 2.99. The zero-order chi connectivity index (χ0) is 17.1. The Labute approximate surface area is 152 Å². The third-order valence-electron chi connectivity index (χ3n) is 3.04. The van der Waals surface area contributed by atoms with Crippen LogP contribution < -0.4 is 10.6 Å². The summed E-state index contributed by atoms with van der Waals surface area (Å²) in [5.41, 5.74) is 1.76. The van der Waals surface area contributed by atoms with Gasteiger partial charge in [0.1, 0.15) is 11.5 Å². The quantitative estimate of drug-likeness (QED) is 0.658. The van der Waals surface area contributed by atoms with Crippen molar-refractivity contribution in [2.45, 2.75) is 6.92 Å². The molecular weight excluding hydrogens is 367 g/mol. The van der Waals surface area contributed by atoms with Crippen molar-refractivity contribution in [3.63, 3.8) is 0 Å². The van der Waals surface area contributed by atoms with Crippen LogP contribution in [0.1, 0.15) is 16.2 Å². The molecule has 2 aromatic heterocycles. The second-order valence-electron chi connectivity index (χ2n) is 4.91. The van der Waals surface area contributed by atoms with Gasteiger partial charge in [-0.25, -0.2) is 9.97 Å². The summed E-state index contributed by atoms with van der Waals surface area (Å²) in [5, 5.41) is 8.88. The molecule has 0 saturated heterocycles. The molecule has 0 fully saturated rings. The Morgan fingerprint density at radius 3 is 2.71 bits per heavy atom. The highest BCUT2D eigenvalue weighted by Crippen LogP contribution is 2.26. The van der Waals surface area contributed by atoms with Crippen molar-refractivity contribution in [2.24, 2.45) is 0 Å². The number of anilines is 3. The standard InChI is InChI=1S/C16H12Cl2N4OS/c1-9-3-2-4-14(19-9)22-16-21-13(8-24-16)15(23)20-10-5-6-11(17)12(18)7-10/h2-8H,1H3,(H,20,23)(H,19,21,22). The van der Waals surface area contributed by atoms with E-state index in [4.69, 9.17) is 23.2 Å². The molecule has 8 heteroatoms. The van der Waals surface area contributed by atoms with Crippen LogP contribution in [0.5, 0.6) is 0 Å². The van der Waals surface area contributed by atoms with Gasteiger partial charge in [-0.15, -0.1) is 11.3 Å². The number of aromatic nitrogens is 2. The van der Waals surface area contributed by atoms with Gasteiger partial charge in [-0.2, -0.15) is 0 Å². The maximum Gasteiger partial charge on any atom is 0.275 e. The Bertz CT molecular complexity index is 897. The highest BCUT2D eigenvalue weighted by atomic mass is 35.5.